The van der Waals surface area contributed by atoms with Crippen LogP contribution in [0.3, 0.4) is 0 Å². The third-order valence-electron chi connectivity index (χ3n) is 2.79. The second-order valence-electron chi connectivity index (χ2n) is 4.23. The number of rotatable bonds is 4. The molecule has 0 saturated heterocycles. The first-order chi connectivity index (χ1) is 9.11. The van der Waals surface area contributed by atoms with Crippen LogP contribution < -0.4 is 0 Å². The van der Waals surface area contributed by atoms with Crippen molar-refractivity contribution in [3.8, 4) is 5.75 Å². The van der Waals surface area contributed by atoms with Crippen LogP contribution >= 0.6 is 15.9 Å². The molecule has 100 valence electrons. The van der Waals surface area contributed by atoms with E-state index in [2.05, 4.69) is 20.9 Å². The smallest absolute Gasteiger partial charge is 0.302 e. The molecule has 19 heavy (non-hydrogen) atoms. The number of nitrogens with zero attached hydrogens (tertiary/aromatic N) is 1. The lowest BCUT2D eigenvalue weighted by atomic mass is 10.0. The van der Waals surface area contributed by atoms with Gasteiger partial charge in [0.1, 0.15) is 11.9 Å². The summed E-state index contributed by atoms with van der Waals surface area (Å²) >= 11 is 3.30. The Kier molecular flexibility index (Phi) is 4.37. The number of ether oxygens (including phenoxy) is 1. The van der Waals surface area contributed by atoms with Crippen LogP contribution in [0.15, 0.2) is 30.5 Å². The fourth-order valence-corrected chi connectivity index (χ4v) is 2.32. The summed E-state index contributed by atoms with van der Waals surface area (Å²) in [5, 5.41) is 11.5. The van der Waals surface area contributed by atoms with Gasteiger partial charge in [0.2, 0.25) is 0 Å². The number of carbonyl (C=O) groups is 1. The van der Waals surface area contributed by atoms with Crippen LogP contribution in [0.5, 0.6) is 5.75 Å². The molecule has 1 atom stereocenters. The Labute approximate surface area is 119 Å². The first-order valence-electron chi connectivity index (χ1n) is 5.90. The molecule has 5 heteroatoms. The second-order valence-corrected chi connectivity index (χ2v) is 4.88. The van der Waals surface area contributed by atoms with E-state index in [1.165, 1.54) is 6.92 Å². The highest BCUT2D eigenvalue weighted by Gasteiger charge is 2.15. The highest BCUT2D eigenvalue weighted by Crippen LogP contribution is 2.28. The summed E-state index contributed by atoms with van der Waals surface area (Å²) in [6.45, 7) is 1.37. The lowest BCUT2D eigenvalue weighted by molar-refractivity contribution is -0.145. The number of phenols is 1. The zero-order valence-electron chi connectivity index (χ0n) is 10.5. The van der Waals surface area contributed by atoms with Crippen molar-refractivity contribution in [1.82, 2.24) is 4.98 Å². The van der Waals surface area contributed by atoms with Gasteiger partial charge in [-0.15, -0.1) is 0 Å². The van der Waals surface area contributed by atoms with Gasteiger partial charge in [0, 0.05) is 30.3 Å². The van der Waals surface area contributed by atoms with Crippen molar-refractivity contribution in [2.45, 2.75) is 19.4 Å². The monoisotopic (exact) mass is 323 g/mol. The molecule has 2 rings (SSSR count). The molecule has 0 aliphatic carbocycles. The predicted octanol–water partition coefficient (Wildman–Crippen LogP) is 2.81. The van der Waals surface area contributed by atoms with E-state index in [0.717, 1.165) is 11.1 Å². The summed E-state index contributed by atoms with van der Waals surface area (Å²) in [4.78, 5) is 15.2. The quantitative estimate of drug-likeness (QED) is 0.694. The fourth-order valence-electron chi connectivity index (χ4n) is 1.95. The number of aromatic nitrogens is 1. The normalized spacial score (nSPS) is 12.3. The van der Waals surface area contributed by atoms with Crippen molar-refractivity contribution in [3.63, 3.8) is 0 Å². The maximum absolute atomic E-state index is 11.0. The van der Waals surface area contributed by atoms with Crippen LogP contribution in [0.25, 0.3) is 10.9 Å². The van der Waals surface area contributed by atoms with Crippen LogP contribution in [-0.4, -0.2) is 27.5 Å². The number of halogens is 1. The van der Waals surface area contributed by atoms with E-state index in [1.807, 2.05) is 18.2 Å². The molecule has 1 aromatic heterocycles. The summed E-state index contributed by atoms with van der Waals surface area (Å²) < 4.78 is 5.16. The van der Waals surface area contributed by atoms with Crippen molar-refractivity contribution >= 4 is 32.8 Å². The molecular weight excluding hydrogens is 310 g/mol. The summed E-state index contributed by atoms with van der Waals surface area (Å²) in [6, 6.07) is 7.25. The summed E-state index contributed by atoms with van der Waals surface area (Å²) in [5.41, 5.74) is 1.48. The van der Waals surface area contributed by atoms with E-state index in [0.29, 0.717) is 17.1 Å². The largest absolute Gasteiger partial charge is 0.507 e. The number of aromatic hydroxyl groups is 1. The van der Waals surface area contributed by atoms with Gasteiger partial charge in [-0.3, -0.25) is 9.78 Å². The minimum absolute atomic E-state index is 0.198. The third kappa shape index (κ3) is 3.23. The molecule has 0 amide bonds. The number of pyridine rings is 1. The van der Waals surface area contributed by atoms with Crippen LogP contribution in [0.4, 0.5) is 0 Å². The molecule has 0 bridgehead atoms. The van der Waals surface area contributed by atoms with Gasteiger partial charge in [-0.2, -0.15) is 0 Å². The number of carbonyl (C=O) groups excluding carboxylic acids is 1. The summed E-state index contributed by atoms with van der Waals surface area (Å²) in [6.07, 6.45) is 1.85. The zero-order chi connectivity index (χ0) is 13.8. The predicted molar refractivity (Wildman–Crippen MR) is 76.5 cm³/mol. The molecule has 0 aliphatic heterocycles. The average molecular weight is 324 g/mol. The molecule has 1 unspecified atom stereocenters. The molecule has 0 fully saturated rings. The standard InChI is InChI=1S/C14H14BrNO3/c1-9(17)19-11(8-15)7-10-4-5-13-12(14(10)18)3-2-6-16-13/h2-6,11,18H,7-8H2,1H3. The molecule has 1 N–H and O–H groups in total. The summed E-state index contributed by atoms with van der Waals surface area (Å²) in [7, 11) is 0. The van der Waals surface area contributed by atoms with E-state index >= 15 is 0 Å². The van der Waals surface area contributed by atoms with Crippen molar-refractivity contribution in [3.05, 3.63) is 36.0 Å². The highest BCUT2D eigenvalue weighted by molar-refractivity contribution is 9.09. The van der Waals surface area contributed by atoms with E-state index in [4.69, 9.17) is 4.74 Å². The third-order valence-corrected chi connectivity index (χ3v) is 3.51. The van der Waals surface area contributed by atoms with Crippen LogP contribution in [0.2, 0.25) is 0 Å². The first-order valence-corrected chi connectivity index (χ1v) is 7.02. The average Bonchev–Trinajstić information content (AvgIpc) is 2.40. The number of esters is 1. The topological polar surface area (TPSA) is 59.4 Å². The van der Waals surface area contributed by atoms with Crippen LogP contribution in [0.1, 0.15) is 12.5 Å². The Bertz CT molecular complexity index is 600. The molecule has 4 nitrogen and oxygen atoms in total. The molecule has 0 aliphatic rings. The Morgan fingerprint density at radius 2 is 2.26 bits per heavy atom. The minimum atomic E-state index is -0.327. The molecule has 1 heterocycles. The van der Waals surface area contributed by atoms with Gasteiger partial charge < -0.3 is 9.84 Å². The Morgan fingerprint density at radius 1 is 1.47 bits per heavy atom. The number of alkyl halides is 1. The number of benzene rings is 1. The number of hydrogen-bond acceptors (Lipinski definition) is 4. The van der Waals surface area contributed by atoms with E-state index in [-0.39, 0.29) is 17.8 Å². The summed E-state index contributed by atoms with van der Waals surface area (Å²) in [5.74, 6) is -0.130. The van der Waals surface area contributed by atoms with Gasteiger partial charge in [-0.1, -0.05) is 22.0 Å². The Morgan fingerprint density at radius 3 is 2.95 bits per heavy atom. The van der Waals surface area contributed by atoms with Gasteiger partial charge in [0.25, 0.3) is 0 Å². The lowest BCUT2D eigenvalue weighted by Crippen LogP contribution is -2.20. The maximum atomic E-state index is 11.0. The Hall–Kier alpha value is -1.62. The van der Waals surface area contributed by atoms with Gasteiger partial charge >= 0.3 is 5.97 Å². The second kappa shape index (κ2) is 6.02. The van der Waals surface area contributed by atoms with Crippen LogP contribution in [-0.2, 0) is 16.0 Å². The SMILES string of the molecule is CC(=O)OC(CBr)Cc1ccc2ncccc2c1O. The first kappa shape index (κ1) is 13.8. The number of fused-ring (bicyclic) bond motifs is 1. The van der Waals surface area contributed by atoms with Gasteiger partial charge in [-0.05, 0) is 23.8 Å². The van der Waals surface area contributed by atoms with E-state index in [1.54, 1.807) is 12.3 Å². The zero-order valence-corrected chi connectivity index (χ0v) is 12.1. The maximum Gasteiger partial charge on any atom is 0.302 e. The molecular formula is C14H14BrNO3. The Balaban J connectivity index is 2.29. The fraction of sp³-hybridized carbons (Fsp3) is 0.286. The minimum Gasteiger partial charge on any atom is -0.507 e. The van der Waals surface area contributed by atoms with E-state index < -0.39 is 0 Å². The molecule has 2 aromatic rings. The molecule has 0 saturated carbocycles. The van der Waals surface area contributed by atoms with Crippen molar-refractivity contribution in [1.29, 1.82) is 0 Å². The van der Waals surface area contributed by atoms with Gasteiger partial charge in [-0.25, -0.2) is 0 Å². The number of hydrogen-bond donors (Lipinski definition) is 1. The van der Waals surface area contributed by atoms with Crippen molar-refractivity contribution in [2.75, 3.05) is 5.33 Å². The lowest BCUT2D eigenvalue weighted by Gasteiger charge is -2.15. The molecule has 0 radical (unpaired) electrons. The molecule has 1 aromatic carbocycles. The van der Waals surface area contributed by atoms with Gasteiger partial charge in [0.15, 0.2) is 0 Å². The van der Waals surface area contributed by atoms with Crippen molar-refractivity contribution < 1.29 is 14.6 Å². The van der Waals surface area contributed by atoms with Crippen molar-refractivity contribution in [2.24, 2.45) is 0 Å². The molecule has 0 spiro atoms. The highest BCUT2D eigenvalue weighted by atomic mass is 79.9. The van der Waals surface area contributed by atoms with E-state index in [9.17, 15) is 9.90 Å². The van der Waals surface area contributed by atoms with Crippen LogP contribution in [0, 0.1) is 0 Å². The number of phenolic OH excluding ortho intramolecular Hbond substituents is 1. The van der Waals surface area contributed by atoms with Gasteiger partial charge in [0.05, 0.1) is 5.52 Å².